The van der Waals surface area contributed by atoms with Gasteiger partial charge in [0.05, 0.1) is 17.6 Å². The second kappa shape index (κ2) is 6.44. The smallest absolute Gasteiger partial charge is 0.269 e. The van der Waals surface area contributed by atoms with Crippen LogP contribution >= 0.6 is 0 Å². The van der Waals surface area contributed by atoms with E-state index in [1.165, 1.54) is 24.3 Å². The second-order valence-electron chi connectivity index (χ2n) is 4.88. The molecular formula is C13H17N3O4. The number of nitrogens with zero attached hydrogens (tertiary/aromatic N) is 2. The molecule has 0 bridgehead atoms. The zero-order chi connectivity index (χ0) is 14.5. The molecular weight excluding hydrogens is 262 g/mol. The van der Waals surface area contributed by atoms with Crippen LogP contribution in [0.2, 0.25) is 0 Å². The third kappa shape index (κ3) is 4.01. The van der Waals surface area contributed by atoms with Crippen molar-refractivity contribution in [2.24, 2.45) is 0 Å². The van der Waals surface area contributed by atoms with Crippen molar-refractivity contribution < 1.29 is 14.8 Å². The zero-order valence-corrected chi connectivity index (χ0v) is 11.0. The molecule has 0 saturated carbocycles. The number of benzene rings is 1. The van der Waals surface area contributed by atoms with E-state index in [-0.39, 0.29) is 24.2 Å². The lowest BCUT2D eigenvalue weighted by Crippen LogP contribution is -2.42. The molecule has 1 amide bonds. The average molecular weight is 279 g/mol. The summed E-state index contributed by atoms with van der Waals surface area (Å²) >= 11 is 0. The van der Waals surface area contributed by atoms with Crippen molar-refractivity contribution in [3.05, 3.63) is 34.4 Å². The van der Waals surface area contributed by atoms with Crippen LogP contribution in [0.3, 0.4) is 0 Å². The first-order valence-corrected chi connectivity index (χ1v) is 6.49. The Morgan fingerprint density at radius 2 is 2.15 bits per heavy atom. The van der Waals surface area contributed by atoms with Crippen molar-refractivity contribution in [3.8, 4) is 0 Å². The zero-order valence-electron chi connectivity index (χ0n) is 11.0. The Kier molecular flexibility index (Phi) is 4.65. The number of likely N-dealkylation sites (tertiary alicyclic amines) is 1. The molecule has 1 aliphatic heterocycles. The maximum Gasteiger partial charge on any atom is 0.269 e. The van der Waals surface area contributed by atoms with Gasteiger partial charge in [-0.3, -0.25) is 19.8 Å². The minimum absolute atomic E-state index is 0.0119. The van der Waals surface area contributed by atoms with Gasteiger partial charge in [-0.25, -0.2) is 0 Å². The van der Waals surface area contributed by atoms with Gasteiger partial charge in [0.25, 0.3) is 5.69 Å². The van der Waals surface area contributed by atoms with Crippen molar-refractivity contribution >= 4 is 17.3 Å². The van der Waals surface area contributed by atoms with Gasteiger partial charge in [0, 0.05) is 24.4 Å². The molecule has 1 atom stereocenters. The van der Waals surface area contributed by atoms with Gasteiger partial charge in [0.15, 0.2) is 0 Å². The lowest BCUT2D eigenvalue weighted by atomic mass is 10.1. The topological polar surface area (TPSA) is 95.7 Å². The molecule has 1 saturated heterocycles. The van der Waals surface area contributed by atoms with Crippen LogP contribution in [-0.2, 0) is 4.79 Å². The highest BCUT2D eigenvalue weighted by Gasteiger charge is 2.19. The van der Waals surface area contributed by atoms with Crippen molar-refractivity contribution in [2.45, 2.75) is 18.9 Å². The van der Waals surface area contributed by atoms with Crippen LogP contribution in [0.4, 0.5) is 11.4 Å². The molecule has 0 spiro atoms. The summed E-state index contributed by atoms with van der Waals surface area (Å²) in [6.07, 6.45) is 1.29. The second-order valence-corrected chi connectivity index (χ2v) is 4.88. The number of β-amino-alcohol motifs (C(OH)–C–C–N with tert-alkyl or cyclic N) is 1. The highest BCUT2D eigenvalue weighted by Crippen LogP contribution is 2.15. The normalized spacial score (nSPS) is 19.6. The van der Waals surface area contributed by atoms with Gasteiger partial charge in [0.2, 0.25) is 5.91 Å². The molecule has 7 heteroatoms. The SMILES string of the molecule is O=C(CN1CCC[C@H](O)C1)Nc1ccc([N+](=O)[O-])cc1. The van der Waals surface area contributed by atoms with Crippen LogP contribution in [0.15, 0.2) is 24.3 Å². The number of piperidine rings is 1. The highest BCUT2D eigenvalue weighted by molar-refractivity contribution is 5.92. The number of aliphatic hydroxyl groups is 1. The Balaban J connectivity index is 1.86. The fourth-order valence-electron chi connectivity index (χ4n) is 2.24. The van der Waals surface area contributed by atoms with Gasteiger partial charge in [0.1, 0.15) is 0 Å². The van der Waals surface area contributed by atoms with Gasteiger partial charge >= 0.3 is 0 Å². The summed E-state index contributed by atoms with van der Waals surface area (Å²) in [6.45, 7) is 1.52. The molecule has 7 nitrogen and oxygen atoms in total. The summed E-state index contributed by atoms with van der Waals surface area (Å²) in [6, 6.07) is 5.70. The number of rotatable bonds is 4. The van der Waals surface area contributed by atoms with E-state index in [1.807, 2.05) is 4.90 Å². The largest absolute Gasteiger partial charge is 0.392 e. The molecule has 2 rings (SSSR count). The van der Waals surface area contributed by atoms with Crippen molar-refractivity contribution in [2.75, 3.05) is 25.0 Å². The third-order valence-corrected chi connectivity index (χ3v) is 3.21. The first kappa shape index (κ1) is 14.4. The summed E-state index contributed by atoms with van der Waals surface area (Å²) < 4.78 is 0. The van der Waals surface area contributed by atoms with Crippen LogP contribution in [0.5, 0.6) is 0 Å². The van der Waals surface area contributed by atoms with Gasteiger partial charge < -0.3 is 10.4 Å². The molecule has 0 radical (unpaired) electrons. The molecule has 1 aromatic carbocycles. The molecule has 20 heavy (non-hydrogen) atoms. The molecule has 0 unspecified atom stereocenters. The number of aliphatic hydroxyl groups excluding tert-OH is 1. The van der Waals surface area contributed by atoms with E-state index < -0.39 is 4.92 Å². The number of nitro groups is 1. The van der Waals surface area contributed by atoms with Crippen LogP contribution < -0.4 is 5.32 Å². The van der Waals surface area contributed by atoms with E-state index in [0.29, 0.717) is 12.2 Å². The van der Waals surface area contributed by atoms with Gasteiger partial charge in [-0.05, 0) is 31.5 Å². The van der Waals surface area contributed by atoms with Gasteiger partial charge in [-0.2, -0.15) is 0 Å². The number of hydrogen-bond donors (Lipinski definition) is 2. The van der Waals surface area contributed by atoms with Gasteiger partial charge in [-0.1, -0.05) is 0 Å². The van der Waals surface area contributed by atoms with Crippen LogP contribution in [0.1, 0.15) is 12.8 Å². The van der Waals surface area contributed by atoms with E-state index in [1.54, 1.807) is 0 Å². The number of non-ortho nitro benzene ring substituents is 1. The van der Waals surface area contributed by atoms with Gasteiger partial charge in [-0.15, -0.1) is 0 Å². The molecule has 1 heterocycles. The average Bonchev–Trinajstić information content (AvgIpc) is 2.39. The maximum absolute atomic E-state index is 11.8. The Morgan fingerprint density at radius 1 is 1.45 bits per heavy atom. The lowest BCUT2D eigenvalue weighted by Gasteiger charge is -2.29. The van der Waals surface area contributed by atoms with Crippen molar-refractivity contribution in [3.63, 3.8) is 0 Å². The summed E-state index contributed by atoms with van der Waals surface area (Å²) in [5, 5.41) is 22.7. The summed E-state index contributed by atoms with van der Waals surface area (Å²) in [7, 11) is 0. The minimum atomic E-state index is -0.485. The van der Waals surface area contributed by atoms with Crippen LogP contribution in [-0.4, -0.2) is 46.6 Å². The molecule has 1 aromatic rings. The van der Waals surface area contributed by atoms with E-state index in [4.69, 9.17) is 0 Å². The first-order chi connectivity index (χ1) is 9.54. The van der Waals surface area contributed by atoms with E-state index in [9.17, 15) is 20.0 Å². The first-order valence-electron chi connectivity index (χ1n) is 6.49. The molecule has 108 valence electrons. The van der Waals surface area contributed by atoms with Crippen molar-refractivity contribution in [1.82, 2.24) is 4.90 Å². The van der Waals surface area contributed by atoms with Crippen LogP contribution in [0.25, 0.3) is 0 Å². The number of nitro benzene ring substituents is 1. The number of anilines is 1. The predicted molar refractivity (Wildman–Crippen MR) is 73.4 cm³/mol. The summed E-state index contributed by atoms with van der Waals surface area (Å²) in [4.78, 5) is 23.8. The van der Waals surface area contributed by atoms with E-state index in [0.717, 1.165) is 19.4 Å². The molecule has 1 fully saturated rings. The number of carbonyl (C=O) groups excluding carboxylic acids is 1. The Morgan fingerprint density at radius 3 is 2.75 bits per heavy atom. The fourth-order valence-corrected chi connectivity index (χ4v) is 2.24. The molecule has 0 aliphatic carbocycles. The maximum atomic E-state index is 11.8. The monoisotopic (exact) mass is 279 g/mol. The Bertz CT molecular complexity index is 489. The standard InChI is InChI=1S/C13H17N3O4/c17-12-2-1-7-15(8-12)9-13(18)14-10-3-5-11(6-4-10)16(19)20/h3-6,12,17H,1-2,7-9H2,(H,14,18)/t12-/m0/s1. The lowest BCUT2D eigenvalue weighted by molar-refractivity contribution is -0.384. The molecule has 1 aliphatic rings. The third-order valence-electron chi connectivity index (χ3n) is 3.21. The number of amides is 1. The van der Waals surface area contributed by atoms with E-state index in [2.05, 4.69) is 5.32 Å². The van der Waals surface area contributed by atoms with Crippen molar-refractivity contribution in [1.29, 1.82) is 0 Å². The summed E-state index contributed by atoms with van der Waals surface area (Å²) in [5.41, 5.74) is 0.514. The van der Waals surface area contributed by atoms with E-state index >= 15 is 0 Å². The fraction of sp³-hybridized carbons (Fsp3) is 0.462. The van der Waals surface area contributed by atoms with Crippen LogP contribution in [0, 0.1) is 10.1 Å². The number of carbonyl (C=O) groups is 1. The molecule has 2 N–H and O–H groups in total. The highest BCUT2D eigenvalue weighted by atomic mass is 16.6. The quantitative estimate of drug-likeness (QED) is 0.633. The number of nitrogens with one attached hydrogen (secondary N) is 1. The number of hydrogen-bond acceptors (Lipinski definition) is 5. The Hall–Kier alpha value is -1.99. The Labute approximate surface area is 116 Å². The summed E-state index contributed by atoms with van der Waals surface area (Å²) in [5.74, 6) is -0.187. The molecule has 0 aromatic heterocycles. The predicted octanol–water partition coefficient (Wildman–Crippen LogP) is 0.990. The minimum Gasteiger partial charge on any atom is -0.392 e.